The van der Waals surface area contributed by atoms with Gasteiger partial charge in [0.2, 0.25) is 0 Å². The zero-order valence-corrected chi connectivity index (χ0v) is 9.44. The molecule has 1 heterocycles. The minimum atomic E-state index is 0.350. The van der Waals surface area contributed by atoms with E-state index in [1.54, 1.807) is 0 Å². The van der Waals surface area contributed by atoms with Crippen LogP contribution in [0, 0.1) is 12.8 Å². The van der Waals surface area contributed by atoms with E-state index in [-0.39, 0.29) is 0 Å². The zero-order valence-electron chi connectivity index (χ0n) is 9.44. The van der Waals surface area contributed by atoms with Gasteiger partial charge in [-0.25, -0.2) is 0 Å². The molecule has 0 radical (unpaired) electrons. The number of rotatable bonds is 3. The van der Waals surface area contributed by atoms with Gasteiger partial charge in [0, 0.05) is 17.6 Å². The minimum absolute atomic E-state index is 0.350. The lowest BCUT2D eigenvalue weighted by Gasteiger charge is -2.04. The molecule has 0 unspecified atom stereocenters. The van der Waals surface area contributed by atoms with Crippen LogP contribution in [0.15, 0.2) is 30.5 Å². The molecule has 1 fully saturated rings. The van der Waals surface area contributed by atoms with E-state index in [4.69, 9.17) is 0 Å². The zero-order chi connectivity index (χ0) is 11.1. The standard InChI is InChI=1S/C14H15NO/c1-10-2-5-13-12(8-10)6-7-15(13)9-14(16)11-3-4-11/h2,5-8,11H,3-4,9H2,1H3. The second-order valence-electron chi connectivity index (χ2n) is 4.75. The van der Waals surface area contributed by atoms with Crippen molar-refractivity contribution in [2.24, 2.45) is 5.92 Å². The molecule has 16 heavy (non-hydrogen) atoms. The Morgan fingerprint density at radius 1 is 1.38 bits per heavy atom. The summed E-state index contributed by atoms with van der Waals surface area (Å²) in [5.41, 5.74) is 2.43. The molecule has 0 amide bonds. The first kappa shape index (κ1) is 9.64. The Balaban J connectivity index is 1.94. The first-order chi connectivity index (χ1) is 7.74. The van der Waals surface area contributed by atoms with Crippen LogP contribution in [0.1, 0.15) is 18.4 Å². The van der Waals surface area contributed by atoms with E-state index < -0.39 is 0 Å². The maximum absolute atomic E-state index is 11.8. The third-order valence-corrected chi connectivity index (χ3v) is 3.29. The minimum Gasteiger partial charge on any atom is -0.340 e. The Kier molecular flexibility index (Phi) is 2.10. The summed E-state index contributed by atoms with van der Waals surface area (Å²) in [5.74, 6) is 0.737. The molecular weight excluding hydrogens is 198 g/mol. The van der Waals surface area contributed by atoms with Crippen molar-refractivity contribution < 1.29 is 4.79 Å². The van der Waals surface area contributed by atoms with Crippen molar-refractivity contribution in [3.8, 4) is 0 Å². The van der Waals surface area contributed by atoms with Crippen LogP contribution in [-0.2, 0) is 11.3 Å². The van der Waals surface area contributed by atoms with E-state index >= 15 is 0 Å². The third kappa shape index (κ3) is 1.64. The van der Waals surface area contributed by atoms with E-state index in [9.17, 15) is 4.79 Å². The largest absolute Gasteiger partial charge is 0.340 e. The number of carbonyl (C=O) groups is 1. The molecule has 0 N–H and O–H groups in total. The number of aromatic nitrogens is 1. The number of hydrogen-bond acceptors (Lipinski definition) is 1. The van der Waals surface area contributed by atoms with Crippen LogP contribution in [0.25, 0.3) is 10.9 Å². The Labute approximate surface area is 94.9 Å². The van der Waals surface area contributed by atoms with Gasteiger partial charge in [0.05, 0.1) is 6.54 Å². The second kappa shape index (κ2) is 3.48. The SMILES string of the molecule is Cc1ccc2c(ccn2CC(=O)C2CC2)c1. The van der Waals surface area contributed by atoms with E-state index in [1.807, 2.05) is 6.20 Å². The molecule has 1 aliphatic rings. The molecule has 2 nitrogen and oxygen atoms in total. The lowest BCUT2D eigenvalue weighted by atomic mass is 10.2. The molecule has 0 saturated heterocycles. The lowest BCUT2D eigenvalue weighted by Crippen LogP contribution is -2.10. The summed E-state index contributed by atoms with van der Waals surface area (Å²) in [6, 6.07) is 8.45. The summed E-state index contributed by atoms with van der Waals surface area (Å²) in [6.45, 7) is 2.63. The fourth-order valence-corrected chi connectivity index (χ4v) is 2.16. The van der Waals surface area contributed by atoms with Crippen molar-refractivity contribution in [2.75, 3.05) is 0 Å². The summed E-state index contributed by atoms with van der Waals surface area (Å²) in [4.78, 5) is 11.8. The van der Waals surface area contributed by atoms with Crippen molar-refractivity contribution in [1.29, 1.82) is 0 Å². The first-order valence-corrected chi connectivity index (χ1v) is 5.82. The van der Waals surface area contributed by atoms with Gasteiger partial charge in [-0.15, -0.1) is 0 Å². The summed E-state index contributed by atoms with van der Waals surface area (Å²) in [5, 5.41) is 1.23. The van der Waals surface area contributed by atoms with Gasteiger partial charge >= 0.3 is 0 Å². The number of aryl methyl sites for hydroxylation is 1. The molecule has 82 valence electrons. The van der Waals surface area contributed by atoms with Gasteiger partial charge in [-0.1, -0.05) is 11.6 Å². The first-order valence-electron chi connectivity index (χ1n) is 5.82. The van der Waals surface area contributed by atoms with Gasteiger partial charge in [-0.05, 0) is 43.4 Å². The van der Waals surface area contributed by atoms with Gasteiger partial charge in [-0.2, -0.15) is 0 Å². The van der Waals surface area contributed by atoms with Gasteiger partial charge in [-0.3, -0.25) is 4.79 Å². The molecule has 2 aromatic rings. The molecular formula is C14H15NO. The number of Topliss-reactive ketones (excluding diaryl/α,β-unsaturated/α-hetero) is 1. The molecule has 0 bridgehead atoms. The molecule has 3 rings (SSSR count). The van der Waals surface area contributed by atoms with Crippen LogP contribution in [0.3, 0.4) is 0 Å². The average Bonchev–Trinajstić information content (AvgIpc) is 3.03. The summed E-state index contributed by atoms with van der Waals surface area (Å²) >= 11 is 0. The summed E-state index contributed by atoms with van der Waals surface area (Å²) in [6.07, 6.45) is 4.21. The molecule has 2 heteroatoms. The highest BCUT2D eigenvalue weighted by Gasteiger charge is 2.29. The van der Waals surface area contributed by atoms with Crippen molar-refractivity contribution in [3.63, 3.8) is 0 Å². The number of fused-ring (bicyclic) bond motifs is 1. The molecule has 0 spiro atoms. The molecule has 0 aliphatic heterocycles. The Morgan fingerprint density at radius 2 is 2.19 bits per heavy atom. The fourth-order valence-electron chi connectivity index (χ4n) is 2.16. The molecule has 1 aromatic carbocycles. The smallest absolute Gasteiger partial charge is 0.155 e. The quantitative estimate of drug-likeness (QED) is 0.768. The number of hydrogen-bond donors (Lipinski definition) is 0. The number of nitrogens with zero attached hydrogens (tertiary/aromatic N) is 1. The summed E-state index contributed by atoms with van der Waals surface area (Å²) < 4.78 is 2.06. The normalized spacial score (nSPS) is 15.6. The third-order valence-electron chi connectivity index (χ3n) is 3.29. The van der Waals surface area contributed by atoms with Crippen LogP contribution >= 0.6 is 0 Å². The van der Waals surface area contributed by atoms with E-state index in [2.05, 4.69) is 35.8 Å². The van der Waals surface area contributed by atoms with Crippen LogP contribution in [0.4, 0.5) is 0 Å². The van der Waals surface area contributed by atoms with E-state index in [0.717, 1.165) is 12.8 Å². The fraction of sp³-hybridized carbons (Fsp3) is 0.357. The van der Waals surface area contributed by atoms with Crippen LogP contribution in [0.2, 0.25) is 0 Å². The molecule has 1 aliphatic carbocycles. The van der Waals surface area contributed by atoms with E-state index in [0.29, 0.717) is 18.2 Å². The van der Waals surface area contributed by atoms with E-state index in [1.165, 1.54) is 16.5 Å². The van der Waals surface area contributed by atoms with Crippen molar-refractivity contribution >= 4 is 16.7 Å². The van der Waals surface area contributed by atoms with Crippen molar-refractivity contribution in [2.45, 2.75) is 26.3 Å². The highest BCUT2D eigenvalue weighted by atomic mass is 16.1. The number of carbonyl (C=O) groups excluding carboxylic acids is 1. The molecule has 0 atom stereocenters. The van der Waals surface area contributed by atoms with Gasteiger partial charge in [0.1, 0.15) is 0 Å². The predicted molar refractivity (Wildman–Crippen MR) is 64.4 cm³/mol. The molecule has 1 saturated carbocycles. The Bertz CT molecular complexity index is 549. The van der Waals surface area contributed by atoms with Gasteiger partial charge in [0.25, 0.3) is 0 Å². The van der Waals surface area contributed by atoms with Crippen LogP contribution in [0.5, 0.6) is 0 Å². The molecule has 1 aromatic heterocycles. The monoisotopic (exact) mass is 213 g/mol. The highest BCUT2D eigenvalue weighted by molar-refractivity contribution is 5.86. The topological polar surface area (TPSA) is 22.0 Å². The number of ketones is 1. The Morgan fingerprint density at radius 3 is 2.94 bits per heavy atom. The highest BCUT2D eigenvalue weighted by Crippen LogP contribution is 2.30. The number of benzene rings is 1. The Hall–Kier alpha value is -1.57. The van der Waals surface area contributed by atoms with Crippen LogP contribution in [-0.4, -0.2) is 10.4 Å². The maximum Gasteiger partial charge on any atom is 0.155 e. The average molecular weight is 213 g/mol. The second-order valence-corrected chi connectivity index (χ2v) is 4.75. The predicted octanol–water partition coefficient (Wildman–Crippen LogP) is 2.93. The van der Waals surface area contributed by atoms with Crippen molar-refractivity contribution in [1.82, 2.24) is 4.57 Å². The van der Waals surface area contributed by atoms with Crippen LogP contribution < -0.4 is 0 Å². The van der Waals surface area contributed by atoms with Crippen molar-refractivity contribution in [3.05, 3.63) is 36.0 Å². The summed E-state index contributed by atoms with van der Waals surface area (Å²) in [7, 11) is 0. The van der Waals surface area contributed by atoms with Gasteiger partial charge < -0.3 is 4.57 Å². The lowest BCUT2D eigenvalue weighted by molar-refractivity contribution is -0.120. The van der Waals surface area contributed by atoms with Gasteiger partial charge in [0.15, 0.2) is 5.78 Å². The maximum atomic E-state index is 11.8.